The molecule has 4 fully saturated rings. The molecule has 8 heteroatoms. The fourth-order valence-electron chi connectivity index (χ4n) is 6.61. The summed E-state index contributed by atoms with van der Waals surface area (Å²) in [5, 5.41) is 27.4. The Morgan fingerprint density at radius 1 is 0.938 bits per heavy atom. The lowest BCUT2D eigenvalue weighted by Crippen LogP contribution is -2.50. The highest BCUT2D eigenvalue weighted by Crippen LogP contribution is 2.60. The summed E-state index contributed by atoms with van der Waals surface area (Å²) < 4.78 is 0. The standard InChI is InChI=1S/C24H26N4O4/c29-27(30)20-6-7-21(22(12-20)28(31)32)25-26-23(11-16-4-2-1-3-5-16)24-13-17-8-18(14-24)10-19(9-17)15-24/h1-7,12,17-19,25H,8-11,13-15H2/b26-23+. The zero-order valence-electron chi connectivity index (χ0n) is 17.8. The molecule has 0 aromatic heterocycles. The first-order valence-corrected chi connectivity index (χ1v) is 11.2. The average Bonchev–Trinajstić information content (AvgIpc) is 2.76. The highest BCUT2D eigenvalue weighted by Gasteiger charge is 2.53. The average molecular weight is 434 g/mol. The number of benzene rings is 2. The van der Waals surface area contributed by atoms with Crippen LogP contribution in [-0.4, -0.2) is 15.6 Å². The van der Waals surface area contributed by atoms with Crippen molar-refractivity contribution in [2.24, 2.45) is 28.3 Å². The molecule has 0 radical (unpaired) electrons. The van der Waals surface area contributed by atoms with Crippen molar-refractivity contribution in [3.63, 3.8) is 0 Å². The maximum atomic E-state index is 11.5. The van der Waals surface area contributed by atoms with E-state index in [1.165, 1.54) is 37.0 Å². The lowest BCUT2D eigenvalue weighted by molar-refractivity contribution is -0.393. The molecule has 4 saturated carbocycles. The van der Waals surface area contributed by atoms with Gasteiger partial charge in [-0.25, -0.2) is 0 Å². The van der Waals surface area contributed by atoms with Crippen LogP contribution in [0.25, 0.3) is 0 Å². The van der Waals surface area contributed by atoms with E-state index in [1.807, 2.05) is 18.2 Å². The minimum atomic E-state index is -0.629. The topological polar surface area (TPSA) is 111 Å². The van der Waals surface area contributed by atoms with E-state index in [0.29, 0.717) is 6.42 Å². The van der Waals surface area contributed by atoms with Gasteiger partial charge in [0.15, 0.2) is 0 Å². The van der Waals surface area contributed by atoms with Crippen molar-refractivity contribution >= 4 is 22.8 Å². The minimum absolute atomic E-state index is 0.0349. The van der Waals surface area contributed by atoms with Gasteiger partial charge in [0.25, 0.3) is 5.69 Å². The van der Waals surface area contributed by atoms with Crippen LogP contribution in [0.2, 0.25) is 0 Å². The van der Waals surface area contributed by atoms with Crippen LogP contribution in [0.1, 0.15) is 44.1 Å². The zero-order valence-corrected chi connectivity index (χ0v) is 17.8. The number of rotatable bonds is 7. The Morgan fingerprint density at radius 3 is 2.12 bits per heavy atom. The van der Waals surface area contributed by atoms with Gasteiger partial charge >= 0.3 is 5.69 Å². The number of hydrazone groups is 1. The molecule has 8 nitrogen and oxygen atoms in total. The van der Waals surface area contributed by atoms with E-state index >= 15 is 0 Å². The summed E-state index contributed by atoms with van der Waals surface area (Å²) >= 11 is 0. The highest BCUT2D eigenvalue weighted by molar-refractivity contribution is 5.93. The summed E-state index contributed by atoms with van der Waals surface area (Å²) in [4.78, 5) is 21.4. The first-order valence-electron chi connectivity index (χ1n) is 11.2. The molecule has 32 heavy (non-hydrogen) atoms. The van der Waals surface area contributed by atoms with Crippen LogP contribution in [0.15, 0.2) is 53.6 Å². The zero-order chi connectivity index (χ0) is 22.3. The van der Waals surface area contributed by atoms with Gasteiger partial charge < -0.3 is 0 Å². The Labute approximate surface area is 186 Å². The van der Waals surface area contributed by atoms with Gasteiger partial charge in [-0.2, -0.15) is 5.10 Å². The molecular formula is C24H26N4O4. The second-order valence-electron chi connectivity index (χ2n) is 9.75. The molecule has 4 aliphatic rings. The molecule has 4 aliphatic carbocycles. The first-order chi connectivity index (χ1) is 15.4. The largest absolute Gasteiger partial charge is 0.301 e. The van der Waals surface area contributed by atoms with E-state index in [2.05, 4.69) is 17.6 Å². The fraction of sp³-hybridized carbons (Fsp3) is 0.458. The van der Waals surface area contributed by atoms with E-state index in [0.717, 1.165) is 48.8 Å². The van der Waals surface area contributed by atoms with Crippen molar-refractivity contribution in [2.75, 3.05) is 5.43 Å². The van der Waals surface area contributed by atoms with Crippen molar-refractivity contribution in [3.05, 3.63) is 74.3 Å². The van der Waals surface area contributed by atoms with Gasteiger partial charge in [0.1, 0.15) is 5.69 Å². The lowest BCUT2D eigenvalue weighted by atomic mass is 9.48. The summed E-state index contributed by atoms with van der Waals surface area (Å²) in [6.07, 6.45) is 8.05. The molecule has 4 bridgehead atoms. The third-order valence-corrected chi connectivity index (χ3v) is 7.56. The molecule has 0 saturated heterocycles. The van der Waals surface area contributed by atoms with Crippen LogP contribution in [0.4, 0.5) is 17.1 Å². The molecule has 0 aliphatic heterocycles. The molecule has 2 aromatic carbocycles. The number of anilines is 1. The molecule has 0 unspecified atom stereocenters. The number of nitrogens with one attached hydrogen (secondary N) is 1. The van der Waals surface area contributed by atoms with Gasteiger partial charge in [0, 0.05) is 23.6 Å². The van der Waals surface area contributed by atoms with Crippen LogP contribution < -0.4 is 5.43 Å². The van der Waals surface area contributed by atoms with E-state index < -0.39 is 9.85 Å². The second kappa shape index (κ2) is 8.00. The number of nitro benzene ring substituents is 2. The number of hydrogen-bond acceptors (Lipinski definition) is 6. The Bertz CT molecular complexity index is 1050. The third kappa shape index (κ3) is 3.85. The van der Waals surface area contributed by atoms with Crippen LogP contribution in [0.5, 0.6) is 0 Å². The van der Waals surface area contributed by atoms with Gasteiger partial charge in [0.05, 0.1) is 15.9 Å². The summed E-state index contributed by atoms with van der Waals surface area (Å²) in [7, 11) is 0. The quantitative estimate of drug-likeness (QED) is 0.340. The second-order valence-corrected chi connectivity index (χ2v) is 9.75. The van der Waals surface area contributed by atoms with E-state index in [9.17, 15) is 20.2 Å². The van der Waals surface area contributed by atoms with Crippen molar-refractivity contribution in [1.29, 1.82) is 0 Å². The molecule has 166 valence electrons. The van der Waals surface area contributed by atoms with Crippen molar-refractivity contribution in [1.82, 2.24) is 0 Å². The SMILES string of the molecule is O=[N+]([O-])c1ccc(N/N=C(\Cc2ccccc2)C23CC4CC(CC(C4)C2)C3)c([N+](=O)[O-])c1. The molecule has 0 heterocycles. The van der Waals surface area contributed by atoms with Gasteiger partial charge in [-0.05, 0) is 67.9 Å². The Hall–Kier alpha value is -3.29. The molecule has 6 rings (SSSR count). The monoisotopic (exact) mass is 434 g/mol. The van der Waals surface area contributed by atoms with Gasteiger partial charge in [-0.1, -0.05) is 30.3 Å². The van der Waals surface area contributed by atoms with Crippen LogP contribution in [0, 0.1) is 43.4 Å². The van der Waals surface area contributed by atoms with Gasteiger partial charge in [-0.15, -0.1) is 0 Å². The normalized spacial score (nSPS) is 28.5. The Kier molecular flexibility index (Phi) is 5.15. The van der Waals surface area contributed by atoms with Crippen LogP contribution >= 0.6 is 0 Å². The Balaban J connectivity index is 1.50. The number of hydrogen-bond donors (Lipinski definition) is 1. The highest BCUT2D eigenvalue weighted by atomic mass is 16.6. The molecular weight excluding hydrogens is 408 g/mol. The number of nitrogens with zero attached hydrogens (tertiary/aromatic N) is 3. The fourth-order valence-corrected chi connectivity index (χ4v) is 6.61. The summed E-state index contributed by atoms with van der Waals surface area (Å²) in [6, 6.07) is 13.8. The van der Waals surface area contributed by atoms with E-state index in [4.69, 9.17) is 5.10 Å². The summed E-state index contributed by atoms with van der Waals surface area (Å²) in [6.45, 7) is 0. The van der Waals surface area contributed by atoms with Crippen molar-refractivity contribution < 1.29 is 9.85 Å². The predicted molar refractivity (Wildman–Crippen MR) is 122 cm³/mol. The predicted octanol–water partition coefficient (Wildman–Crippen LogP) is 5.73. The molecule has 0 spiro atoms. The van der Waals surface area contributed by atoms with E-state index in [1.54, 1.807) is 0 Å². The van der Waals surface area contributed by atoms with Crippen LogP contribution in [0.3, 0.4) is 0 Å². The molecule has 2 aromatic rings. The van der Waals surface area contributed by atoms with E-state index in [-0.39, 0.29) is 22.5 Å². The Morgan fingerprint density at radius 2 is 1.56 bits per heavy atom. The molecule has 0 amide bonds. The number of nitro groups is 2. The van der Waals surface area contributed by atoms with Crippen molar-refractivity contribution in [2.45, 2.75) is 44.9 Å². The van der Waals surface area contributed by atoms with Gasteiger partial charge in [0.2, 0.25) is 0 Å². The molecule has 1 N–H and O–H groups in total. The van der Waals surface area contributed by atoms with Gasteiger partial charge in [-0.3, -0.25) is 25.7 Å². The summed E-state index contributed by atoms with van der Waals surface area (Å²) in [5.41, 5.74) is 4.71. The summed E-state index contributed by atoms with van der Waals surface area (Å²) in [5.74, 6) is 2.24. The first kappa shape index (κ1) is 20.6. The maximum Gasteiger partial charge on any atom is 0.301 e. The molecule has 0 atom stereocenters. The minimum Gasteiger partial charge on any atom is -0.272 e. The van der Waals surface area contributed by atoms with Crippen molar-refractivity contribution in [3.8, 4) is 0 Å². The third-order valence-electron chi connectivity index (χ3n) is 7.56. The lowest BCUT2D eigenvalue weighted by Gasteiger charge is -2.57. The smallest absolute Gasteiger partial charge is 0.272 e. The maximum absolute atomic E-state index is 11.5. The number of non-ortho nitro benzene ring substituents is 1. The van der Waals surface area contributed by atoms with Crippen LogP contribution in [-0.2, 0) is 6.42 Å².